The summed E-state index contributed by atoms with van der Waals surface area (Å²) in [5.41, 5.74) is 0. The number of rotatable bonds is 2. The lowest BCUT2D eigenvalue weighted by Crippen LogP contribution is -1.69. The average molecular weight is 88.0 g/mol. The fourth-order valence-corrected chi connectivity index (χ4v) is 0.474. The summed E-state index contributed by atoms with van der Waals surface area (Å²) in [6, 6.07) is 0. The predicted octanol–water partition coefficient (Wildman–Crippen LogP) is 1.10. The molecule has 0 nitrogen and oxygen atoms in total. The maximum absolute atomic E-state index is 4.00. The molecule has 0 fully saturated rings. The first-order valence-corrected chi connectivity index (χ1v) is 2.66. The summed E-state index contributed by atoms with van der Waals surface area (Å²) in [5, 5.41) is 0. The van der Waals surface area contributed by atoms with E-state index in [1.54, 1.807) is 0 Å². The third-order valence-corrected chi connectivity index (χ3v) is 0.828. The Bertz CT molecular complexity index is 14.4. The number of thiol groups is 1. The highest BCUT2D eigenvalue weighted by Gasteiger charge is 1.73. The smallest absolute Gasteiger partial charge is 0.187 e. The molecule has 0 saturated carbocycles. The van der Waals surface area contributed by atoms with Gasteiger partial charge in [0.2, 0.25) is 0 Å². The van der Waals surface area contributed by atoms with E-state index in [1.165, 1.54) is 12.7 Å². The summed E-state index contributed by atoms with van der Waals surface area (Å²) in [6.45, 7) is 3.20. The Labute approximate surface area is 39.5 Å². The highest BCUT2D eigenvalue weighted by molar-refractivity contribution is 8.06. The minimum absolute atomic E-state index is 1.04. The summed E-state index contributed by atoms with van der Waals surface area (Å²) in [5.74, 6) is 0. The molecule has 30 valence electrons. The molecule has 0 aliphatic heterocycles. The van der Waals surface area contributed by atoms with Crippen LogP contribution in [0.4, 0.5) is 0 Å². The van der Waals surface area contributed by atoms with Crippen LogP contribution in [0.3, 0.4) is 0 Å². The van der Waals surface area contributed by atoms with E-state index in [-0.39, 0.29) is 0 Å². The van der Waals surface area contributed by atoms with Crippen LogP contribution < -0.4 is 0 Å². The van der Waals surface area contributed by atoms with Crippen LogP contribution in [0.5, 0.6) is 0 Å². The fraction of sp³-hybridized carbons (Fsp3) is 1.00. The van der Waals surface area contributed by atoms with Gasteiger partial charge in [0.25, 0.3) is 0 Å². The molecule has 5 heavy (non-hydrogen) atoms. The molecule has 2 heteroatoms. The Morgan fingerprint density at radius 2 is 2.40 bits per heavy atom. The standard InChI is InChI=1S/C3H9BS/c1-2-3-4-5/h4-5H,2-3H2,1H3. The van der Waals surface area contributed by atoms with E-state index < -0.39 is 0 Å². The molecule has 0 unspecified atom stereocenters. The van der Waals surface area contributed by atoms with E-state index in [4.69, 9.17) is 0 Å². The first-order chi connectivity index (χ1) is 2.41. The number of hydrogen-bond donors (Lipinski definition) is 1. The van der Waals surface area contributed by atoms with Gasteiger partial charge in [0.1, 0.15) is 0 Å². The highest BCUT2D eigenvalue weighted by Crippen LogP contribution is 1.84. The maximum Gasteiger partial charge on any atom is 0.187 e. The van der Waals surface area contributed by atoms with Crippen molar-refractivity contribution in [3.8, 4) is 0 Å². The van der Waals surface area contributed by atoms with Gasteiger partial charge < -0.3 is 0 Å². The van der Waals surface area contributed by atoms with Crippen LogP contribution >= 0.6 is 12.5 Å². The van der Waals surface area contributed by atoms with Gasteiger partial charge in [-0.25, -0.2) is 12.5 Å². The lowest BCUT2D eigenvalue weighted by molar-refractivity contribution is 1.08. The van der Waals surface area contributed by atoms with Crippen molar-refractivity contribution in [2.45, 2.75) is 19.7 Å². The van der Waals surface area contributed by atoms with Crippen LogP contribution in [0.2, 0.25) is 6.32 Å². The van der Waals surface area contributed by atoms with Crippen molar-refractivity contribution in [1.82, 2.24) is 0 Å². The first kappa shape index (κ1) is 5.41. The normalized spacial score (nSPS) is 7.60. The average Bonchev–Trinajstić information content (AvgIpc) is 1.41. The number of hydrogen-bond acceptors (Lipinski definition) is 1. The molecule has 0 N–H and O–H groups in total. The van der Waals surface area contributed by atoms with E-state index in [1.807, 2.05) is 0 Å². The molecule has 0 atom stereocenters. The maximum atomic E-state index is 4.00. The van der Waals surface area contributed by atoms with Crippen LogP contribution in [0.15, 0.2) is 0 Å². The van der Waals surface area contributed by atoms with Gasteiger partial charge >= 0.3 is 0 Å². The van der Waals surface area contributed by atoms with Gasteiger partial charge in [0, 0.05) is 0 Å². The lowest BCUT2D eigenvalue weighted by atomic mass is 10.0. The molecule has 0 aromatic carbocycles. The second-order valence-corrected chi connectivity index (χ2v) is 1.52. The van der Waals surface area contributed by atoms with E-state index in [0.29, 0.717) is 0 Å². The van der Waals surface area contributed by atoms with Crippen molar-refractivity contribution in [3.63, 3.8) is 0 Å². The molecule has 0 aromatic rings. The van der Waals surface area contributed by atoms with Crippen molar-refractivity contribution in [3.05, 3.63) is 0 Å². The molecule has 0 aliphatic carbocycles. The minimum Gasteiger partial charge on any atom is -0.232 e. The van der Waals surface area contributed by atoms with Gasteiger partial charge in [-0.1, -0.05) is 19.7 Å². The molecular formula is C3H9BS. The van der Waals surface area contributed by atoms with Crippen molar-refractivity contribution < 1.29 is 0 Å². The Balaban J connectivity index is 2.19. The van der Waals surface area contributed by atoms with Crippen LogP contribution in [0.1, 0.15) is 13.3 Å². The zero-order valence-electron chi connectivity index (χ0n) is 3.57. The molecule has 0 heterocycles. The summed E-state index contributed by atoms with van der Waals surface area (Å²) in [6.07, 6.45) is 2.52. The zero-order valence-corrected chi connectivity index (χ0v) is 4.46. The van der Waals surface area contributed by atoms with Gasteiger partial charge in [-0.15, -0.1) is 0 Å². The van der Waals surface area contributed by atoms with E-state index in [0.717, 1.165) is 6.56 Å². The summed E-state index contributed by atoms with van der Waals surface area (Å²) >= 11 is 4.00. The van der Waals surface area contributed by atoms with Crippen molar-refractivity contribution >= 4 is 19.0 Å². The third-order valence-electron chi connectivity index (χ3n) is 0.512. The Morgan fingerprint density at radius 1 is 1.80 bits per heavy atom. The second-order valence-electron chi connectivity index (χ2n) is 1.08. The van der Waals surface area contributed by atoms with E-state index >= 15 is 0 Å². The lowest BCUT2D eigenvalue weighted by Gasteiger charge is -1.75. The van der Waals surface area contributed by atoms with Crippen LogP contribution in [-0.4, -0.2) is 6.56 Å². The molecule has 0 aliphatic rings. The summed E-state index contributed by atoms with van der Waals surface area (Å²) in [4.78, 5) is 0. The third kappa shape index (κ3) is 4.41. The van der Waals surface area contributed by atoms with Gasteiger partial charge in [0.15, 0.2) is 6.56 Å². The van der Waals surface area contributed by atoms with Gasteiger partial charge in [-0.05, 0) is 0 Å². The second kappa shape index (κ2) is 4.41. The monoisotopic (exact) mass is 88.1 g/mol. The molecule has 0 aromatic heterocycles. The molecular weight excluding hydrogens is 78.9 g/mol. The fourth-order valence-electron chi connectivity index (χ4n) is 0.158. The Hall–Kier alpha value is 0.415. The Kier molecular flexibility index (Phi) is 4.78. The SMILES string of the molecule is CCCBS. The molecule has 0 amide bonds. The topological polar surface area (TPSA) is 0 Å². The first-order valence-electron chi connectivity index (χ1n) is 2.02. The van der Waals surface area contributed by atoms with Crippen molar-refractivity contribution in [2.24, 2.45) is 0 Å². The largest absolute Gasteiger partial charge is 0.232 e. The molecule has 0 bridgehead atoms. The van der Waals surface area contributed by atoms with Crippen molar-refractivity contribution in [1.29, 1.82) is 0 Å². The van der Waals surface area contributed by atoms with E-state index in [2.05, 4.69) is 19.4 Å². The predicted molar refractivity (Wildman–Crippen MR) is 31.2 cm³/mol. The summed E-state index contributed by atoms with van der Waals surface area (Å²) in [7, 11) is 0. The zero-order chi connectivity index (χ0) is 4.12. The Morgan fingerprint density at radius 3 is 2.40 bits per heavy atom. The van der Waals surface area contributed by atoms with Crippen LogP contribution in [-0.2, 0) is 0 Å². The van der Waals surface area contributed by atoms with E-state index in [9.17, 15) is 0 Å². The quantitative estimate of drug-likeness (QED) is 0.379. The van der Waals surface area contributed by atoms with Crippen LogP contribution in [0.25, 0.3) is 0 Å². The molecule has 0 saturated heterocycles. The molecule has 0 radical (unpaired) electrons. The van der Waals surface area contributed by atoms with Crippen LogP contribution in [0, 0.1) is 0 Å². The summed E-state index contributed by atoms with van der Waals surface area (Å²) < 4.78 is 0. The highest BCUT2D eigenvalue weighted by atomic mass is 32.1. The molecule has 0 rings (SSSR count). The molecule has 0 spiro atoms. The minimum atomic E-state index is 1.04. The van der Waals surface area contributed by atoms with Gasteiger partial charge in [0.05, 0.1) is 0 Å². The van der Waals surface area contributed by atoms with Gasteiger partial charge in [-0.2, -0.15) is 0 Å². The van der Waals surface area contributed by atoms with Gasteiger partial charge in [-0.3, -0.25) is 0 Å². The van der Waals surface area contributed by atoms with Crippen molar-refractivity contribution in [2.75, 3.05) is 0 Å².